The van der Waals surface area contributed by atoms with Gasteiger partial charge in [0.25, 0.3) is 0 Å². The van der Waals surface area contributed by atoms with Gasteiger partial charge in [-0.25, -0.2) is 0 Å². The molecule has 110 valence electrons. The zero-order valence-electron chi connectivity index (χ0n) is 11.1. The van der Waals surface area contributed by atoms with Crippen molar-refractivity contribution < 1.29 is 17.9 Å². The molecule has 0 fully saturated rings. The molecule has 0 aliphatic carbocycles. The van der Waals surface area contributed by atoms with Crippen LogP contribution in [0.4, 0.5) is 13.2 Å². The lowest BCUT2D eigenvalue weighted by atomic mass is 9.96. The molecule has 0 bridgehead atoms. The van der Waals surface area contributed by atoms with Gasteiger partial charge in [0, 0.05) is 36.5 Å². The van der Waals surface area contributed by atoms with Gasteiger partial charge in [-0.3, -0.25) is 4.98 Å². The molecule has 1 aromatic carbocycles. The third-order valence-electron chi connectivity index (χ3n) is 3.52. The summed E-state index contributed by atoms with van der Waals surface area (Å²) in [6.45, 7) is 0.753. The van der Waals surface area contributed by atoms with Crippen molar-refractivity contribution in [3.63, 3.8) is 0 Å². The summed E-state index contributed by atoms with van der Waals surface area (Å²) in [5.41, 5.74) is 7.13. The molecule has 0 spiro atoms. The first kappa shape index (κ1) is 13.9. The predicted molar refractivity (Wildman–Crippen MR) is 71.8 cm³/mol. The molecule has 2 heterocycles. The maximum atomic E-state index is 13.1. The highest BCUT2D eigenvalue weighted by Gasteiger charge is 2.34. The van der Waals surface area contributed by atoms with Crippen LogP contribution in [0.5, 0.6) is 5.75 Å². The third-order valence-corrected chi connectivity index (χ3v) is 3.52. The Morgan fingerprint density at radius 2 is 2.10 bits per heavy atom. The number of hydrogen-bond acceptors (Lipinski definition) is 3. The van der Waals surface area contributed by atoms with Crippen LogP contribution >= 0.6 is 0 Å². The Morgan fingerprint density at radius 3 is 2.81 bits per heavy atom. The molecule has 0 unspecified atom stereocenters. The van der Waals surface area contributed by atoms with E-state index in [4.69, 9.17) is 10.5 Å². The molecule has 1 aliphatic rings. The maximum Gasteiger partial charge on any atom is 0.417 e. The monoisotopic (exact) mass is 294 g/mol. The van der Waals surface area contributed by atoms with E-state index in [-0.39, 0.29) is 12.1 Å². The smallest absolute Gasteiger partial charge is 0.417 e. The number of hydrogen-bond donors (Lipinski definition) is 1. The lowest BCUT2D eigenvalue weighted by molar-refractivity contribution is -0.137. The number of rotatable bonds is 2. The Balaban J connectivity index is 2.18. The van der Waals surface area contributed by atoms with Crippen molar-refractivity contribution in [1.82, 2.24) is 4.98 Å². The van der Waals surface area contributed by atoms with Crippen LogP contribution in [0.2, 0.25) is 0 Å². The topological polar surface area (TPSA) is 48.1 Å². The first-order chi connectivity index (χ1) is 10.0. The van der Waals surface area contributed by atoms with Gasteiger partial charge in [-0.05, 0) is 29.3 Å². The van der Waals surface area contributed by atoms with Gasteiger partial charge in [-0.1, -0.05) is 0 Å². The molecule has 6 heteroatoms. The Hall–Kier alpha value is -2.08. The number of fused-ring (bicyclic) bond motifs is 1. The summed E-state index contributed by atoms with van der Waals surface area (Å²) in [6, 6.07) is 4.37. The highest BCUT2D eigenvalue weighted by atomic mass is 19.4. The van der Waals surface area contributed by atoms with Crippen molar-refractivity contribution in [3.05, 3.63) is 47.3 Å². The van der Waals surface area contributed by atoms with Crippen LogP contribution < -0.4 is 10.5 Å². The zero-order chi connectivity index (χ0) is 15.0. The van der Waals surface area contributed by atoms with Gasteiger partial charge in [-0.15, -0.1) is 0 Å². The molecule has 0 atom stereocenters. The van der Waals surface area contributed by atoms with E-state index in [1.165, 1.54) is 6.20 Å². The number of ether oxygens (including phenoxy) is 1. The van der Waals surface area contributed by atoms with Crippen LogP contribution in [0, 0.1) is 0 Å². The number of nitrogens with two attached hydrogens (primary N) is 1. The molecule has 3 nitrogen and oxygen atoms in total. The van der Waals surface area contributed by atoms with Crippen molar-refractivity contribution in [2.45, 2.75) is 19.1 Å². The largest absolute Gasteiger partial charge is 0.493 e. The SMILES string of the molecule is NCc1cc(-c2cnccc2C(F)(F)F)cc2c1OCC2. The van der Waals surface area contributed by atoms with E-state index < -0.39 is 11.7 Å². The van der Waals surface area contributed by atoms with Crippen LogP contribution in [0.25, 0.3) is 11.1 Å². The normalized spacial score (nSPS) is 13.9. The highest BCUT2D eigenvalue weighted by molar-refractivity contribution is 5.70. The molecule has 1 aliphatic heterocycles. The van der Waals surface area contributed by atoms with Crippen LogP contribution in [-0.4, -0.2) is 11.6 Å². The van der Waals surface area contributed by atoms with E-state index in [9.17, 15) is 13.2 Å². The van der Waals surface area contributed by atoms with Crippen molar-refractivity contribution >= 4 is 0 Å². The molecule has 2 N–H and O–H groups in total. The summed E-state index contributed by atoms with van der Waals surface area (Å²) < 4.78 is 44.8. The van der Waals surface area contributed by atoms with E-state index >= 15 is 0 Å². The van der Waals surface area contributed by atoms with Gasteiger partial charge in [0.1, 0.15) is 5.75 Å². The predicted octanol–water partition coefficient (Wildman–Crippen LogP) is 3.16. The van der Waals surface area contributed by atoms with Gasteiger partial charge in [0.15, 0.2) is 0 Å². The minimum absolute atomic E-state index is 0.0643. The second-order valence-corrected chi connectivity index (χ2v) is 4.85. The fraction of sp³-hybridized carbons (Fsp3) is 0.267. The van der Waals surface area contributed by atoms with E-state index in [0.29, 0.717) is 24.3 Å². The molecule has 0 saturated carbocycles. The number of nitrogens with zero attached hydrogens (tertiary/aromatic N) is 1. The van der Waals surface area contributed by atoms with Crippen LogP contribution in [0.15, 0.2) is 30.6 Å². The lowest BCUT2D eigenvalue weighted by Crippen LogP contribution is -2.08. The van der Waals surface area contributed by atoms with E-state index in [0.717, 1.165) is 23.4 Å². The summed E-state index contributed by atoms with van der Waals surface area (Å²) in [5, 5.41) is 0. The fourth-order valence-corrected chi connectivity index (χ4v) is 2.57. The maximum absolute atomic E-state index is 13.1. The number of pyridine rings is 1. The van der Waals surface area contributed by atoms with Crippen LogP contribution in [0.3, 0.4) is 0 Å². The minimum Gasteiger partial charge on any atom is -0.493 e. The van der Waals surface area contributed by atoms with Crippen LogP contribution in [0.1, 0.15) is 16.7 Å². The second-order valence-electron chi connectivity index (χ2n) is 4.85. The minimum atomic E-state index is -4.42. The first-order valence-corrected chi connectivity index (χ1v) is 6.51. The Morgan fingerprint density at radius 1 is 1.29 bits per heavy atom. The molecule has 21 heavy (non-hydrogen) atoms. The number of alkyl halides is 3. The molecule has 1 aromatic heterocycles. The van der Waals surface area contributed by atoms with Gasteiger partial charge < -0.3 is 10.5 Å². The summed E-state index contributed by atoms with van der Waals surface area (Å²) >= 11 is 0. The third kappa shape index (κ3) is 2.47. The van der Waals surface area contributed by atoms with Gasteiger partial charge in [0.2, 0.25) is 0 Å². The summed E-state index contributed by atoms with van der Waals surface area (Å²) in [5.74, 6) is 0.707. The molecule has 0 radical (unpaired) electrons. The lowest BCUT2D eigenvalue weighted by Gasteiger charge is -2.14. The van der Waals surface area contributed by atoms with Crippen molar-refractivity contribution in [2.24, 2.45) is 5.73 Å². The molecule has 0 amide bonds. The summed E-state index contributed by atoms with van der Waals surface area (Å²) in [7, 11) is 0. The summed E-state index contributed by atoms with van der Waals surface area (Å²) in [6.07, 6.45) is -1.36. The van der Waals surface area contributed by atoms with Crippen molar-refractivity contribution in [3.8, 4) is 16.9 Å². The van der Waals surface area contributed by atoms with E-state index in [1.807, 2.05) is 0 Å². The Bertz CT molecular complexity index is 683. The molecule has 3 rings (SSSR count). The quantitative estimate of drug-likeness (QED) is 0.925. The number of halogens is 3. The molecular weight excluding hydrogens is 281 g/mol. The van der Waals surface area contributed by atoms with Gasteiger partial charge in [-0.2, -0.15) is 13.2 Å². The number of aromatic nitrogens is 1. The molecule has 0 saturated heterocycles. The van der Waals surface area contributed by atoms with Gasteiger partial charge >= 0.3 is 6.18 Å². The Labute approximate surface area is 119 Å². The number of benzene rings is 1. The van der Waals surface area contributed by atoms with Gasteiger partial charge in [0.05, 0.1) is 12.2 Å². The van der Waals surface area contributed by atoms with E-state index in [1.54, 1.807) is 12.1 Å². The average molecular weight is 294 g/mol. The average Bonchev–Trinajstić information content (AvgIpc) is 2.93. The van der Waals surface area contributed by atoms with Crippen molar-refractivity contribution in [1.29, 1.82) is 0 Å². The summed E-state index contributed by atoms with van der Waals surface area (Å²) in [4.78, 5) is 3.82. The standard InChI is InChI=1S/C15H13F3N2O/c16-15(17,18)13-1-3-20-8-12(13)10-5-9-2-4-21-14(9)11(6-10)7-19/h1,3,5-6,8H,2,4,7,19H2. The van der Waals surface area contributed by atoms with Crippen molar-refractivity contribution in [2.75, 3.05) is 6.61 Å². The Kier molecular flexibility index (Phi) is 3.33. The highest BCUT2D eigenvalue weighted by Crippen LogP contribution is 2.39. The van der Waals surface area contributed by atoms with E-state index in [2.05, 4.69) is 4.98 Å². The molecule has 2 aromatic rings. The first-order valence-electron chi connectivity index (χ1n) is 6.51. The zero-order valence-corrected chi connectivity index (χ0v) is 11.1. The van der Waals surface area contributed by atoms with Crippen LogP contribution in [-0.2, 0) is 19.1 Å². The molecular formula is C15H13F3N2O. The second kappa shape index (κ2) is 5.04. The fourth-order valence-electron chi connectivity index (χ4n) is 2.57.